The maximum absolute atomic E-state index is 4.27. The highest BCUT2D eigenvalue weighted by Crippen LogP contribution is 2.27. The van der Waals surface area contributed by atoms with Gasteiger partial charge in [0.25, 0.3) is 0 Å². The summed E-state index contributed by atoms with van der Waals surface area (Å²) in [4.78, 5) is 6.30. The Kier molecular flexibility index (Phi) is 1.55. The molecule has 0 spiro atoms. The molecular weight excluding hydrogens is 162 g/mol. The summed E-state index contributed by atoms with van der Waals surface area (Å²) < 4.78 is 2.07. The van der Waals surface area contributed by atoms with E-state index in [4.69, 9.17) is 0 Å². The Morgan fingerprint density at radius 3 is 2.77 bits per heavy atom. The van der Waals surface area contributed by atoms with Crippen molar-refractivity contribution in [3.8, 4) is 0 Å². The topological polar surface area (TPSA) is 21.1 Å². The summed E-state index contributed by atoms with van der Waals surface area (Å²) in [6.45, 7) is 8.09. The highest BCUT2D eigenvalue weighted by molar-refractivity contribution is 5.69. The van der Waals surface area contributed by atoms with E-state index in [9.17, 15) is 0 Å². The third-order valence-corrected chi connectivity index (χ3v) is 2.41. The van der Waals surface area contributed by atoms with E-state index in [1.165, 1.54) is 5.70 Å². The minimum Gasteiger partial charge on any atom is -0.348 e. The lowest BCUT2D eigenvalue weighted by atomic mass is 10.2. The molecule has 0 aliphatic carbocycles. The van der Waals surface area contributed by atoms with Gasteiger partial charge in [0.05, 0.1) is 23.4 Å². The number of aromatic nitrogens is 2. The third kappa shape index (κ3) is 1.00. The van der Waals surface area contributed by atoms with Crippen LogP contribution < -0.4 is 0 Å². The van der Waals surface area contributed by atoms with Gasteiger partial charge >= 0.3 is 0 Å². The fraction of sp³-hybridized carbons (Fsp3) is 0.300. The van der Waals surface area contributed by atoms with E-state index in [0.717, 1.165) is 17.1 Å². The first kappa shape index (κ1) is 8.10. The quantitative estimate of drug-likeness (QED) is 0.600. The molecule has 0 N–H and O–H groups in total. The van der Waals surface area contributed by atoms with Gasteiger partial charge in [-0.3, -0.25) is 4.57 Å². The van der Waals surface area contributed by atoms with Crippen molar-refractivity contribution in [1.29, 1.82) is 0 Å². The van der Waals surface area contributed by atoms with Crippen LogP contribution in [-0.4, -0.2) is 21.5 Å². The van der Waals surface area contributed by atoms with E-state index >= 15 is 0 Å². The maximum atomic E-state index is 4.27. The Morgan fingerprint density at radius 1 is 1.38 bits per heavy atom. The molecule has 0 saturated heterocycles. The molecule has 0 saturated carbocycles. The summed E-state index contributed by atoms with van der Waals surface area (Å²) in [7, 11) is 2.00. The van der Waals surface area contributed by atoms with Gasteiger partial charge in [0.1, 0.15) is 0 Å². The van der Waals surface area contributed by atoms with Crippen molar-refractivity contribution in [3.05, 3.63) is 30.5 Å². The predicted octanol–water partition coefficient (Wildman–Crippen LogP) is 1.93. The number of aryl methyl sites for hydroxylation is 1. The summed E-state index contributed by atoms with van der Waals surface area (Å²) in [5, 5.41) is 0. The van der Waals surface area contributed by atoms with Gasteiger partial charge in [-0.15, -0.1) is 0 Å². The molecule has 0 aromatic carbocycles. The minimum atomic E-state index is 1.00. The van der Waals surface area contributed by atoms with Gasteiger partial charge in [-0.25, -0.2) is 4.98 Å². The van der Waals surface area contributed by atoms with Gasteiger partial charge in [0.15, 0.2) is 0 Å². The molecule has 1 aliphatic heterocycles. The van der Waals surface area contributed by atoms with Gasteiger partial charge < -0.3 is 4.90 Å². The Bertz CT molecular complexity index is 398. The number of hydrogen-bond donors (Lipinski definition) is 0. The second kappa shape index (κ2) is 2.49. The molecule has 13 heavy (non-hydrogen) atoms. The maximum Gasteiger partial charge on any atom is 0.0998 e. The van der Waals surface area contributed by atoms with Gasteiger partial charge in [0, 0.05) is 18.9 Å². The van der Waals surface area contributed by atoms with Gasteiger partial charge in [-0.2, -0.15) is 0 Å². The molecule has 0 amide bonds. The molecule has 1 aromatic rings. The van der Waals surface area contributed by atoms with E-state index in [1.807, 2.05) is 25.2 Å². The molecule has 0 bridgehead atoms. The molecule has 3 heteroatoms. The minimum absolute atomic E-state index is 1.00. The van der Waals surface area contributed by atoms with E-state index in [1.54, 1.807) is 0 Å². The van der Waals surface area contributed by atoms with Gasteiger partial charge in [-0.05, 0) is 13.8 Å². The molecule has 3 nitrogen and oxygen atoms in total. The van der Waals surface area contributed by atoms with Crippen LogP contribution in [0.2, 0.25) is 0 Å². The second-order valence-corrected chi connectivity index (χ2v) is 3.38. The van der Waals surface area contributed by atoms with Crippen molar-refractivity contribution < 1.29 is 0 Å². The highest BCUT2D eigenvalue weighted by Gasteiger charge is 2.18. The number of imidazole rings is 1. The van der Waals surface area contributed by atoms with E-state index < -0.39 is 0 Å². The summed E-state index contributed by atoms with van der Waals surface area (Å²) >= 11 is 0. The average Bonchev–Trinajstić information content (AvgIpc) is 2.44. The van der Waals surface area contributed by atoms with Crippen molar-refractivity contribution in [1.82, 2.24) is 14.5 Å². The summed E-state index contributed by atoms with van der Waals surface area (Å²) in [5.41, 5.74) is 4.32. The summed E-state index contributed by atoms with van der Waals surface area (Å²) in [6.07, 6.45) is 3.89. The normalized spacial score (nSPS) is 15.8. The lowest BCUT2D eigenvalue weighted by molar-refractivity contribution is 0.632. The third-order valence-electron chi connectivity index (χ3n) is 2.41. The van der Waals surface area contributed by atoms with Crippen molar-refractivity contribution in [3.63, 3.8) is 0 Å². The molecule has 0 fully saturated rings. The van der Waals surface area contributed by atoms with Crippen LogP contribution in [0.1, 0.15) is 18.3 Å². The van der Waals surface area contributed by atoms with Crippen molar-refractivity contribution in [2.75, 3.05) is 7.05 Å². The van der Waals surface area contributed by atoms with E-state index in [2.05, 4.69) is 29.3 Å². The Labute approximate surface area is 78.0 Å². The SMILES string of the molecule is C=C1c2c(C)ncn2C(C)=CN1C. The monoisotopic (exact) mass is 175 g/mol. The number of hydrogen-bond acceptors (Lipinski definition) is 2. The van der Waals surface area contributed by atoms with Crippen LogP contribution in [0.25, 0.3) is 11.4 Å². The zero-order valence-corrected chi connectivity index (χ0v) is 8.20. The van der Waals surface area contributed by atoms with Crippen LogP contribution in [0.4, 0.5) is 0 Å². The van der Waals surface area contributed by atoms with Crippen LogP contribution in [0, 0.1) is 6.92 Å². The second-order valence-electron chi connectivity index (χ2n) is 3.38. The van der Waals surface area contributed by atoms with E-state index in [-0.39, 0.29) is 0 Å². The van der Waals surface area contributed by atoms with Crippen LogP contribution in [0.3, 0.4) is 0 Å². The zero-order chi connectivity index (χ0) is 9.59. The lowest BCUT2D eigenvalue weighted by Crippen LogP contribution is -2.18. The summed E-state index contributed by atoms with van der Waals surface area (Å²) in [6, 6.07) is 0. The Hall–Kier alpha value is -1.51. The summed E-state index contributed by atoms with van der Waals surface area (Å²) in [5.74, 6) is 0. The number of rotatable bonds is 0. The molecule has 0 unspecified atom stereocenters. The molecule has 0 radical (unpaired) electrons. The average molecular weight is 175 g/mol. The standard InChI is InChI=1S/C10H13N3/c1-7-5-12(4)9(3)10-8(2)11-6-13(7)10/h5-6H,3H2,1-2,4H3. The van der Waals surface area contributed by atoms with Crippen LogP contribution in [0.5, 0.6) is 0 Å². The molecule has 2 rings (SSSR count). The number of fused-ring (bicyclic) bond motifs is 1. The van der Waals surface area contributed by atoms with Gasteiger partial charge in [0.2, 0.25) is 0 Å². The largest absolute Gasteiger partial charge is 0.348 e. The molecule has 1 aromatic heterocycles. The van der Waals surface area contributed by atoms with Crippen molar-refractivity contribution in [2.24, 2.45) is 0 Å². The van der Waals surface area contributed by atoms with Crippen LogP contribution >= 0.6 is 0 Å². The zero-order valence-electron chi connectivity index (χ0n) is 8.20. The molecular formula is C10H13N3. The Balaban J connectivity index is 2.67. The van der Waals surface area contributed by atoms with Gasteiger partial charge in [-0.1, -0.05) is 6.58 Å². The first-order chi connectivity index (χ1) is 6.11. The fourth-order valence-corrected chi connectivity index (χ4v) is 1.64. The first-order valence-corrected chi connectivity index (χ1v) is 4.26. The molecule has 68 valence electrons. The predicted molar refractivity (Wildman–Crippen MR) is 53.7 cm³/mol. The molecule has 1 aliphatic rings. The highest BCUT2D eigenvalue weighted by atomic mass is 15.2. The smallest absolute Gasteiger partial charge is 0.0998 e. The Morgan fingerprint density at radius 2 is 2.08 bits per heavy atom. The van der Waals surface area contributed by atoms with Crippen molar-refractivity contribution >= 4 is 11.4 Å². The fourth-order valence-electron chi connectivity index (χ4n) is 1.64. The first-order valence-electron chi connectivity index (χ1n) is 4.26. The molecule has 0 atom stereocenters. The van der Waals surface area contributed by atoms with Crippen LogP contribution in [-0.2, 0) is 0 Å². The number of allylic oxidation sites excluding steroid dienone is 1. The number of nitrogens with zero attached hydrogens (tertiary/aromatic N) is 3. The lowest BCUT2D eigenvalue weighted by Gasteiger charge is -2.25. The van der Waals surface area contributed by atoms with E-state index in [0.29, 0.717) is 0 Å². The molecule has 2 heterocycles. The van der Waals surface area contributed by atoms with Crippen molar-refractivity contribution in [2.45, 2.75) is 13.8 Å². The van der Waals surface area contributed by atoms with Crippen LogP contribution in [0.15, 0.2) is 19.1 Å².